The molecule has 0 saturated carbocycles. The van der Waals surface area contributed by atoms with E-state index in [-0.39, 0.29) is 0 Å². The quantitative estimate of drug-likeness (QED) is 0.852. The summed E-state index contributed by atoms with van der Waals surface area (Å²) in [7, 11) is 1.98. The molecular weight excluding hydrogens is 224 g/mol. The predicted molar refractivity (Wildman–Crippen MR) is 75.9 cm³/mol. The molecule has 1 aromatic rings. The number of nitrogens with zero attached hydrogens (tertiary/aromatic N) is 3. The van der Waals surface area contributed by atoms with Crippen LogP contribution >= 0.6 is 0 Å². The maximum atomic E-state index is 4.23. The standard InChI is InChI=1S/C14H24N4/c1-3-6-17-7-9-18(10-8-17)14-4-5-16-12-13(14)11-15-2/h4-5,12,15H,3,6-11H2,1-2H3. The molecule has 1 aliphatic heterocycles. The van der Waals surface area contributed by atoms with Crippen molar-refractivity contribution in [2.24, 2.45) is 0 Å². The molecule has 0 unspecified atom stereocenters. The lowest BCUT2D eigenvalue weighted by atomic mass is 10.2. The maximum Gasteiger partial charge on any atom is 0.0443 e. The Morgan fingerprint density at radius 3 is 2.72 bits per heavy atom. The molecule has 2 heterocycles. The molecule has 2 rings (SSSR count). The van der Waals surface area contributed by atoms with Crippen LogP contribution in [0.1, 0.15) is 18.9 Å². The van der Waals surface area contributed by atoms with Gasteiger partial charge in [0.25, 0.3) is 0 Å². The third-order valence-corrected chi connectivity index (χ3v) is 3.50. The minimum Gasteiger partial charge on any atom is -0.369 e. The van der Waals surface area contributed by atoms with Gasteiger partial charge < -0.3 is 10.2 Å². The van der Waals surface area contributed by atoms with E-state index in [0.29, 0.717) is 0 Å². The minimum atomic E-state index is 0.887. The molecule has 0 aliphatic carbocycles. The van der Waals surface area contributed by atoms with Gasteiger partial charge in [-0.1, -0.05) is 6.92 Å². The first-order valence-electron chi connectivity index (χ1n) is 6.90. The Balaban J connectivity index is 2.00. The van der Waals surface area contributed by atoms with E-state index in [1.165, 1.54) is 37.3 Å². The first-order valence-corrected chi connectivity index (χ1v) is 6.90. The van der Waals surface area contributed by atoms with Crippen LogP contribution in [0.2, 0.25) is 0 Å². The summed E-state index contributed by atoms with van der Waals surface area (Å²) in [6.07, 6.45) is 5.12. The molecule has 0 radical (unpaired) electrons. The number of rotatable bonds is 5. The molecule has 0 atom stereocenters. The van der Waals surface area contributed by atoms with E-state index in [1.807, 2.05) is 19.4 Å². The van der Waals surface area contributed by atoms with Crippen molar-refractivity contribution in [3.8, 4) is 0 Å². The summed E-state index contributed by atoms with van der Waals surface area (Å²) in [5, 5.41) is 3.22. The number of piperazine rings is 1. The van der Waals surface area contributed by atoms with Gasteiger partial charge >= 0.3 is 0 Å². The molecule has 1 aromatic heterocycles. The molecule has 4 heteroatoms. The molecule has 1 fully saturated rings. The van der Waals surface area contributed by atoms with Crippen LogP contribution in [0.3, 0.4) is 0 Å². The van der Waals surface area contributed by atoms with Crippen LogP contribution in [0.4, 0.5) is 5.69 Å². The summed E-state index contributed by atoms with van der Waals surface area (Å²) in [6, 6.07) is 2.14. The second-order valence-corrected chi connectivity index (χ2v) is 4.86. The molecular formula is C14H24N4. The van der Waals surface area contributed by atoms with Gasteiger partial charge in [-0.3, -0.25) is 9.88 Å². The number of nitrogens with one attached hydrogen (secondary N) is 1. The molecule has 100 valence electrons. The van der Waals surface area contributed by atoms with Crippen molar-refractivity contribution in [2.75, 3.05) is 44.7 Å². The molecule has 0 aromatic carbocycles. The minimum absolute atomic E-state index is 0.887. The van der Waals surface area contributed by atoms with Gasteiger partial charge in [0.05, 0.1) is 0 Å². The highest BCUT2D eigenvalue weighted by molar-refractivity contribution is 5.52. The molecule has 0 spiro atoms. The molecule has 0 amide bonds. The molecule has 0 bridgehead atoms. The van der Waals surface area contributed by atoms with Crippen molar-refractivity contribution in [3.05, 3.63) is 24.0 Å². The van der Waals surface area contributed by atoms with Gasteiger partial charge in [0, 0.05) is 56.4 Å². The van der Waals surface area contributed by atoms with Crippen molar-refractivity contribution in [1.29, 1.82) is 0 Å². The summed E-state index contributed by atoms with van der Waals surface area (Å²) in [6.45, 7) is 8.97. The largest absolute Gasteiger partial charge is 0.369 e. The lowest BCUT2D eigenvalue weighted by Gasteiger charge is -2.36. The first-order chi connectivity index (χ1) is 8.85. The zero-order chi connectivity index (χ0) is 12.8. The lowest BCUT2D eigenvalue weighted by Crippen LogP contribution is -2.46. The Morgan fingerprint density at radius 1 is 1.28 bits per heavy atom. The average Bonchev–Trinajstić information content (AvgIpc) is 2.41. The molecule has 1 aliphatic rings. The summed E-state index contributed by atoms with van der Waals surface area (Å²) >= 11 is 0. The van der Waals surface area contributed by atoms with E-state index in [4.69, 9.17) is 0 Å². The van der Waals surface area contributed by atoms with Crippen LogP contribution in [0.5, 0.6) is 0 Å². The van der Waals surface area contributed by atoms with Crippen LogP contribution in [0, 0.1) is 0 Å². The molecule has 18 heavy (non-hydrogen) atoms. The first kappa shape index (κ1) is 13.3. The number of anilines is 1. The van der Waals surface area contributed by atoms with E-state index >= 15 is 0 Å². The lowest BCUT2D eigenvalue weighted by molar-refractivity contribution is 0.258. The third kappa shape index (κ3) is 3.21. The van der Waals surface area contributed by atoms with Gasteiger partial charge in [-0.2, -0.15) is 0 Å². The zero-order valence-corrected chi connectivity index (χ0v) is 11.5. The summed E-state index contributed by atoms with van der Waals surface area (Å²) in [5.41, 5.74) is 2.64. The van der Waals surface area contributed by atoms with E-state index < -0.39 is 0 Å². The number of pyridine rings is 1. The van der Waals surface area contributed by atoms with Crippen molar-refractivity contribution >= 4 is 5.69 Å². The highest BCUT2D eigenvalue weighted by atomic mass is 15.3. The van der Waals surface area contributed by atoms with Crippen molar-refractivity contribution in [3.63, 3.8) is 0 Å². The summed E-state index contributed by atoms with van der Waals surface area (Å²) in [5.74, 6) is 0. The monoisotopic (exact) mass is 248 g/mol. The predicted octanol–water partition coefficient (Wildman–Crippen LogP) is 1.33. The third-order valence-electron chi connectivity index (χ3n) is 3.50. The van der Waals surface area contributed by atoms with E-state index in [2.05, 4.69) is 33.1 Å². The van der Waals surface area contributed by atoms with Crippen molar-refractivity contribution in [2.45, 2.75) is 19.9 Å². The highest BCUT2D eigenvalue weighted by Gasteiger charge is 2.18. The fourth-order valence-corrected chi connectivity index (χ4v) is 2.58. The Morgan fingerprint density at radius 2 is 2.06 bits per heavy atom. The van der Waals surface area contributed by atoms with E-state index in [1.54, 1.807) is 0 Å². The topological polar surface area (TPSA) is 31.4 Å². The Kier molecular flexibility index (Phi) is 4.96. The SMILES string of the molecule is CCCN1CCN(c2ccncc2CNC)CC1. The normalized spacial score (nSPS) is 17.1. The number of hydrogen-bond acceptors (Lipinski definition) is 4. The maximum absolute atomic E-state index is 4.23. The van der Waals surface area contributed by atoms with Crippen LogP contribution in [0.15, 0.2) is 18.5 Å². The Labute approximate surface area is 110 Å². The van der Waals surface area contributed by atoms with Gasteiger partial charge in [-0.05, 0) is 26.1 Å². The van der Waals surface area contributed by atoms with Gasteiger partial charge in [0.1, 0.15) is 0 Å². The Hall–Kier alpha value is -1.13. The Bertz CT molecular complexity index is 359. The van der Waals surface area contributed by atoms with Crippen LogP contribution in [0.25, 0.3) is 0 Å². The van der Waals surface area contributed by atoms with Crippen molar-refractivity contribution in [1.82, 2.24) is 15.2 Å². The highest BCUT2D eigenvalue weighted by Crippen LogP contribution is 2.20. The fourth-order valence-electron chi connectivity index (χ4n) is 2.58. The smallest absolute Gasteiger partial charge is 0.0443 e. The second kappa shape index (κ2) is 6.71. The average molecular weight is 248 g/mol. The second-order valence-electron chi connectivity index (χ2n) is 4.86. The zero-order valence-electron chi connectivity index (χ0n) is 11.5. The van der Waals surface area contributed by atoms with E-state index in [9.17, 15) is 0 Å². The van der Waals surface area contributed by atoms with Gasteiger partial charge in [0.15, 0.2) is 0 Å². The summed E-state index contributed by atoms with van der Waals surface area (Å²) < 4.78 is 0. The molecule has 4 nitrogen and oxygen atoms in total. The van der Waals surface area contributed by atoms with Gasteiger partial charge in [-0.25, -0.2) is 0 Å². The fraction of sp³-hybridized carbons (Fsp3) is 0.643. The van der Waals surface area contributed by atoms with Gasteiger partial charge in [0.2, 0.25) is 0 Å². The van der Waals surface area contributed by atoms with Crippen LogP contribution in [-0.4, -0.2) is 49.7 Å². The molecule has 1 N–H and O–H groups in total. The van der Waals surface area contributed by atoms with Gasteiger partial charge in [-0.15, -0.1) is 0 Å². The van der Waals surface area contributed by atoms with E-state index in [0.717, 1.165) is 19.6 Å². The van der Waals surface area contributed by atoms with Crippen molar-refractivity contribution < 1.29 is 0 Å². The van der Waals surface area contributed by atoms with Crippen LogP contribution in [-0.2, 0) is 6.54 Å². The number of aromatic nitrogens is 1. The van der Waals surface area contributed by atoms with Crippen LogP contribution < -0.4 is 10.2 Å². The number of hydrogen-bond donors (Lipinski definition) is 1. The molecule has 1 saturated heterocycles. The summed E-state index contributed by atoms with van der Waals surface area (Å²) in [4.78, 5) is 9.26.